The Bertz CT molecular complexity index is 580. The first-order valence-corrected chi connectivity index (χ1v) is 6.83. The van der Waals surface area contributed by atoms with Crippen molar-refractivity contribution in [2.75, 3.05) is 13.7 Å². The fraction of sp³-hybridized carbons (Fsp3) is 0.231. The molecule has 0 amide bonds. The third-order valence-electron chi connectivity index (χ3n) is 2.43. The molecule has 0 bridgehead atoms. The Hall–Kier alpha value is -1.59. The maximum absolute atomic E-state index is 11.8. The van der Waals surface area contributed by atoms with Crippen LogP contribution in [0, 0.1) is 0 Å². The van der Waals surface area contributed by atoms with Crippen LogP contribution >= 0.6 is 22.9 Å². The van der Waals surface area contributed by atoms with Crippen LogP contribution in [0.1, 0.15) is 16.6 Å². The van der Waals surface area contributed by atoms with Crippen molar-refractivity contribution in [2.24, 2.45) is 0 Å². The van der Waals surface area contributed by atoms with Crippen molar-refractivity contribution in [3.05, 3.63) is 33.6 Å². The number of esters is 1. The Labute approximate surface area is 120 Å². The second-order valence-electron chi connectivity index (χ2n) is 3.59. The van der Waals surface area contributed by atoms with Gasteiger partial charge in [0.2, 0.25) is 0 Å². The zero-order valence-corrected chi connectivity index (χ0v) is 12.0. The molecule has 0 aliphatic heterocycles. The van der Waals surface area contributed by atoms with Crippen molar-refractivity contribution in [2.45, 2.75) is 6.92 Å². The second kappa shape index (κ2) is 6.04. The molecule has 0 fully saturated rings. The van der Waals surface area contributed by atoms with Crippen LogP contribution in [-0.2, 0) is 4.74 Å². The van der Waals surface area contributed by atoms with Crippen LogP contribution in [0.15, 0.2) is 24.3 Å². The van der Waals surface area contributed by atoms with E-state index in [4.69, 9.17) is 21.1 Å². The van der Waals surface area contributed by atoms with Crippen LogP contribution in [0.4, 0.5) is 0 Å². The lowest BCUT2D eigenvalue weighted by atomic mass is 10.1. The van der Waals surface area contributed by atoms with Gasteiger partial charge in [0.15, 0.2) is 4.47 Å². The Balaban J connectivity index is 2.40. The lowest BCUT2D eigenvalue weighted by Crippen LogP contribution is -2.03. The minimum absolute atomic E-state index is 0.314. The van der Waals surface area contributed by atoms with Gasteiger partial charge in [-0.05, 0) is 31.2 Å². The topological polar surface area (TPSA) is 48.4 Å². The summed E-state index contributed by atoms with van der Waals surface area (Å²) in [6.45, 7) is 2.07. The number of methoxy groups -OCH3 is 1. The number of halogens is 1. The number of rotatable bonds is 4. The van der Waals surface area contributed by atoms with Gasteiger partial charge in [-0.1, -0.05) is 22.9 Å². The first-order valence-electron chi connectivity index (χ1n) is 5.63. The quantitative estimate of drug-likeness (QED) is 0.808. The fourth-order valence-electron chi connectivity index (χ4n) is 1.57. The van der Waals surface area contributed by atoms with E-state index in [0.717, 1.165) is 22.6 Å². The van der Waals surface area contributed by atoms with Gasteiger partial charge in [0.05, 0.1) is 19.4 Å². The summed E-state index contributed by atoms with van der Waals surface area (Å²) in [6.07, 6.45) is 0. The summed E-state index contributed by atoms with van der Waals surface area (Å²) in [5.74, 6) is 0.334. The maximum Gasteiger partial charge on any atom is 0.350 e. The SMILES string of the molecule is CCOC(=O)c1sc(Cl)nc1-c1ccc(OC)cc1. The van der Waals surface area contributed by atoms with E-state index in [1.165, 1.54) is 0 Å². The second-order valence-corrected chi connectivity index (χ2v) is 5.17. The first kappa shape index (κ1) is 13.8. The zero-order valence-electron chi connectivity index (χ0n) is 10.5. The molecule has 6 heteroatoms. The fourth-order valence-corrected chi connectivity index (χ4v) is 2.60. The van der Waals surface area contributed by atoms with Gasteiger partial charge in [0.1, 0.15) is 10.6 Å². The molecule has 0 aliphatic carbocycles. The van der Waals surface area contributed by atoms with Gasteiger partial charge in [-0.3, -0.25) is 0 Å². The normalized spacial score (nSPS) is 10.3. The van der Waals surface area contributed by atoms with Gasteiger partial charge in [-0.15, -0.1) is 0 Å². The molecule has 0 spiro atoms. The molecule has 0 N–H and O–H groups in total. The summed E-state index contributed by atoms with van der Waals surface area (Å²) in [6, 6.07) is 7.26. The molecule has 2 aromatic rings. The number of nitrogens with zero attached hydrogens (tertiary/aromatic N) is 1. The van der Waals surface area contributed by atoms with E-state index < -0.39 is 5.97 Å². The van der Waals surface area contributed by atoms with Gasteiger partial charge in [0, 0.05) is 5.56 Å². The van der Waals surface area contributed by atoms with Gasteiger partial charge in [-0.2, -0.15) is 0 Å². The monoisotopic (exact) mass is 297 g/mol. The largest absolute Gasteiger partial charge is 0.497 e. The standard InChI is InChI=1S/C13H12ClNO3S/c1-3-18-12(16)11-10(15-13(14)19-11)8-4-6-9(17-2)7-5-8/h4-7H,3H2,1-2H3. The number of hydrogen-bond acceptors (Lipinski definition) is 5. The molecule has 1 aromatic heterocycles. The zero-order chi connectivity index (χ0) is 13.8. The Kier molecular flexibility index (Phi) is 4.39. The Morgan fingerprint density at radius 2 is 2.05 bits per heavy atom. The number of ether oxygens (including phenoxy) is 2. The highest BCUT2D eigenvalue weighted by atomic mass is 35.5. The molecule has 19 heavy (non-hydrogen) atoms. The molecular weight excluding hydrogens is 286 g/mol. The van der Waals surface area contributed by atoms with E-state index in [1.807, 2.05) is 12.1 Å². The highest BCUT2D eigenvalue weighted by Crippen LogP contribution is 2.32. The Morgan fingerprint density at radius 1 is 1.37 bits per heavy atom. The van der Waals surface area contributed by atoms with Crippen molar-refractivity contribution >= 4 is 28.9 Å². The predicted octanol–water partition coefficient (Wildman–Crippen LogP) is 3.65. The van der Waals surface area contributed by atoms with Crippen LogP contribution in [0.2, 0.25) is 4.47 Å². The van der Waals surface area contributed by atoms with E-state index in [0.29, 0.717) is 21.6 Å². The number of carbonyl (C=O) groups excluding carboxylic acids is 1. The van der Waals surface area contributed by atoms with E-state index in [9.17, 15) is 4.79 Å². The maximum atomic E-state index is 11.8. The molecule has 0 unspecified atom stereocenters. The smallest absolute Gasteiger partial charge is 0.350 e. The van der Waals surface area contributed by atoms with Crippen molar-refractivity contribution < 1.29 is 14.3 Å². The highest BCUT2D eigenvalue weighted by Gasteiger charge is 2.19. The summed E-state index contributed by atoms with van der Waals surface area (Å²) in [4.78, 5) is 16.4. The third kappa shape index (κ3) is 3.05. The number of hydrogen-bond donors (Lipinski definition) is 0. The molecule has 0 radical (unpaired) electrons. The van der Waals surface area contributed by atoms with Crippen LogP contribution in [-0.4, -0.2) is 24.7 Å². The number of carbonyl (C=O) groups is 1. The van der Waals surface area contributed by atoms with E-state index in [1.54, 1.807) is 26.2 Å². The molecule has 0 saturated carbocycles. The van der Waals surface area contributed by atoms with E-state index in [2.05, 4.69) is 4.98 Å². The molecule has 2 rings (SSSR count). The van der Waals surface area contributed by atoms with Crippen LogP contribution < -0.4 is 4.74 Å². The average molecular weight is 298 g/mol. The van der Waals surface area contributed by atoms with Crippen molar-refractivity contribution in [1.29, 1.82) is 0 Å². The predicted molar refractivity (Wildman–Crippen MR) is 75.1 cm³/mol. The van der Waals surface area contributed by atoms with Crippen molar-refractivity contribution in [1.82, 2.24) is 4.98 Å². The average Bonchev–Trinajstić information content (AvgIpc) is 2.81. The molecule has 1 heterocycles. The number of benzene rings is 1. The third-order valence-corrected chi connectivity index (χ3v) is 3.57. The first-order chi connectivity index (χ1) is 9.15. The molecule has 0 saturated heterocycles. The van der Waals surface area contributed by atoms with E-state index >= 15 is 0 Å². The van der Waals surface area contributed by atoms with Crippen molar-refractivity contribution in [3.8, 4) is 17.0 Å². The van der Waals surface area contributed by atoms with Crippen LogP contribution in [0.25, 0.3) is 11.3 Å². The minimum atomic E-state index is -0.405. The van der Waals surface area contributed by atoms with Gasteiger partial charge in [-0.25, -0.2) is 9.78 Å². The minimum Gasteiger partial charge on any atom is -0.497 e. The summed E-state index contributed by atoms with van der Waals surface area (Å²) in [5, 5.41) is 0. The lowest BCUT2D eigenvalue weighted by Gasteiger charge is -2.03. The highest BCUT2D eigenvalue weighted by molar-refractivity contribution is 7.17. The Morgan fingerprint density at radius 3 is 2.63 bits per heavy atom. The number of thiazole rings is 1. The van der Waals surface area contributed by atoms with Crippen LogP contribution in [0.3, 0.4) is 0 Å². The molecular formula is C13H12ClNO3S. The molecule has 0 aliphatic rings. The number of aromatic nitrogens is 1. The summed E-state index contributed by atoms with van der Waals surface area (Å²) >= 11 is 7.01. The van der Waals surface area contributed by atoms with Crippen molar-refractivity contribution in [3.63, 3.8) is 0 Å². The van der Waals surface area contributed by atoms with Crippen LogP contribution in [0.5, 0.6) is 5.75 Å². The summed E-state index contributed by atoms with van der Waals surface area (Å²) in [5.41, 5.74) is 1.34. The summed E-state index contributed by atoms with van der Waals surface area (Å²) in [7, 11) is 1.60. The van der Waals surface area contributed by atoms with Gasteiger partial charge >= 0.3 is 5.97 Å². The lowest BCUT2D eigenvalue weighted by molar-refractivity contribution is 0.0532. The summed E-state index contributed by atoms with van der Waals surface area (Å²) < 4.78 is 10.4. The van der Waals surface area contributed by atoms with Gasteiger partial charge in [0.25, 0.3) is 0 Å². The van der Waals surface area contributed by atoms with E-state index in [-0.39, 0.29) is 0 Å². The molecule has 4 nitrogen and oxygen atoms in total. The molecule has 0 atom stereocenters. The molecule has 1 aromatic carbocycles. The van der Waals surface area contributed by atoms with Gasteiger partial charge < -0.3 is 9.47 Å². The molecule has 100 valence electrons.